The van der Waals surface area contributed by atoms with E-state index >= 15 is 0 Å². The molecule has 0 aliphatic carbocycles. The van der Waals surface area contributed by atoms with Crippen molar-refractivity contribution in [1.29, 1.82) is 0 Å². The van der Waals surface area contributed by atoms with Gasteiger partial charge in [-0.15, -0.1) is 11.3 Å². The Bertz CT molecular complexity index is 298. The highest BCUT2D eigenvalue weighted by Crippen LogP contribution is 2.35. The summed E-state index contributed by atoms with van der Waals surface area (Å²) in [6, 6.07) is 1.97. The van der Waals surface area contributed by atoms with Crippen LogP contribution in [0.1, 0.15) is 35.3 Å². The molecule has 13 heavy (non-hydrogen) atoms. The van der Waals surface area contributed by atoms with Gasteiger partial charge in [0, 0.05) is 9.75 Å². The molecule has 3 heteroatoms. The molecule has 0 aliphatic heterocycles. The standard InChI is InChI=1S/C10H15FOS/c1-6-5-7(2)13-8(6)9(12)10(3,4)11/h5,9,12H,1-4H3. The molecular formula is C10H15FOS. The highest BCUT2D eigenvalue weighted by molar-refractivity contribution is 7.12. The summed E-state index contributed by atoms with van der Waals surface area (Å²) in [6.45, 7) is 6.64. The van der Waals surface area contributed by atoms with Crippen LogP contribution in [-0.2, 0) is 0 Å². The van der Waals surface area contributed by atoms with E-state index in [9.17, 15) is 9.50 Å². The highest BCUT2D eigenvalue weighted by atomic mass is 32.1. The van der Waals surface area contributed by atoms with Crippen molar-refractivity contribution in [2.75, 3.05) is 0 Å². The summed E-state index contributed by atoms with van der Waals surface area (Å²) >= 11 is 1.46. The van der Waals surface area contributed by atoms with Crippen LogP contribution in [0.4, 0.5) is 4.39 Å². The average Bonchev–Trinajstić information content (AvgIpc) is 2.26. The summed E-state index contributed by atoms with van der Waals surface area (Å²) in [6.07, 6.45) is -1.01. The fraction of sp³-hybridized carbons (Fsp3) is 0.600. The summed E-state index contributed by atoms with van der Waals surface area (Å²) in [5.74, 6) is 0. The van der Waals surface area contributed by atoms with Gasteiger partial charge in [-0.05, 0) is 39.3 Å². The van der Waals surface area contributed by atoms with Crippen molar-refractivity contribution in [2.24, 2.45) is 0 Å². The second-order valence-corrected chi connectivity index (χ2v) is 5.16. The Morgan fingerprint density at radius 1 is 1.46 bits per heavy atom. The van der Waals surface area contributed by atoms with Crippen molar-refractivity contribution in [3.8, 4) is 0 Å². The van der Waals surface area contributed by atoms with Crippen molar-refractivity contribution in [3.05, 3.63) is 21.4 Å². The maximum absolute atomic E-state index is 13.4. The number of aliphatic hydroxyl groups is 1. The van der Waals surface area contributed by atoms with Crippen LogP contribution in [0.3, 0.4) is 0 Å². The third-order valence-electron chi connectivity index (χ3n) is 1.98. The van der Waals surface area contributed by atoms with E-state index in [1.54, 1.807) is 0 Å². The Hall–Kier alpha value is -0.410. The molecule has 0 amide bonds. The van der Waals surface area contributed by atoms with Gasteiger partial charge in [0.2, 0.25) is 0 Å². The van der Waals surface area contributed by atoms with Gasteiger partial charge >= 0.3 is 0 Å². The summed E-state index contributed by atoms with van der Waals surface area (Å²) < 4.78 is 13.4. The van der Waals surface area contributed by atoms with E-state index < -0.39 is 11.8 Å². The van der Waals surface area contributed by atoms with Crippen LogP contribution in [0.25, 0.3) is 0 Å². The number of thiophene rings is 1. The zero-order chi connectivity index (χ0) is 10.2. The lowest BCUT2D eigenvalue weighted by atomic mass is 10.0. The fourth-order valence-corrected chi connectivity index (χ4v) is 2.44. The molecule has 1 N–H and O–H groups in total. The van der Waals surface area contributed by atoms with Gasteiger partial charge < -0.3 is 5.11 Å². The molecule has 1 heterocycles. The molecule has 1 nitrogen and oxygen atoms in total. The van der Waals surface area contributed by atoms with Crippen molar-refractivity contribution in [1.82, 2.24) is 0 Å². The van der Waals surface area contributed by atoms with Crippen LogP contribution in [0.15, 0.2) is 6.07 Å². The Balaban J connectivity index is 3.01. The first-order valence-electron chi connectivity index (χ1n) is 4.26. The predicted molar refractivity (Wildman–Crippen MR) is 53.9 cm³/mol. The molecule has 0 saturated heterocycles. The number of hydrogen-bond acceptors (Lipinski definition) is 2. The molecule has 0 fully saturated rings. The second kappa shape index (κ2) is 3.39. The van der Waals surface area contributed by atoms with E-state index in [4.69, 9.17) is 0 Å². The third-order valence-corrected chi connectivity index (χ3v) is 3.18. The van der Waals surface area contributed by atoms with E-state index in [1.165, 1.54) is 25.2 Å². The number of aryl methyl sites for hydroxylation is 2. The molecule has 1 unspecified atom stereocenters. The fourth-order valence-electron chi connectivity index (χ4n) is 1.24. The largest absolute Gasteiger partial charge is 0.384 e. The van der Waals surface area contributed by atoms with Gasteiger partial charge in [-0.25, -0.2) is 4.39 Å². The Morgan fingerprint density at radius 2 is 2.00 bits per heavy atom. The molecule has 1 aromatic heterocycles. The molecule has 0 bridgehead atoms. The van der Waals surface area contributed by atoms with Gasteiger partial charge in [0.15, 0.2) is 0 Å². The van der Waals surface area contributed by atoms with Crippen LogP contribution in [0.5, 0.6) is 0 Å². The zero-order valence-electron chi connectivity index (χ0n) is 8.39. The maximum Gasteiger partial charge on any atom is 0.136 e. The van der Waals surface area contributed by atoms with Crippen molar-refractivity contribution < 1.29 is 9.50 Å². The molecule has 74 valence electrons. The number of rotatable bonds is 2. The Labute approximate surface area is 82.2 Å². The summed E-state index contributed by atoms with van der Waals surface area (Å²) in [4.78, 5) is 1.85. The number of aliphatic hydroxyl groups excluding tert-OH is 1. The van der Waals surface area contributed by atoms with Gasteiger partial charge in [-0.3, -0.25) is 0 Å². The van der Waals surface area contributed by atoms with Gasteiger partial charge in [-0.1, -0.05) is 0 Å². The minimum atomic E-state index is -1.57. The first kappa shape index (κ1) is 10.7. The molecule has 0 spiro atoms. The monoisotopic (exact) mass is 202 g/mol. The van der Waals surface area contributed by atoms with E-state index in [-0.39, 0.29) is 0 Å². The minimum absolute atomic E-state index is 0.741. The van der Waals surface area contributed by atoms with E-state index in [0.29, 0.717) is 0 Å². The van der Waals surface area contributed by atoms with Crippen molar-refractivity contribution in [3.63, 3.8) is 0 Å². The number of halogens is 1. The summed E-state index contributed by atoms with van der Waals surface area (Å²) in [7, 11) is 0. The first-order chi connectivity index (χ1) is 5.82. The molecule has 0 saturated carbocycles. The third kappa shape index (κ3) is 2.29. The first-order valence-corrected chi connectivity index (χ1v) is 5.08. The molecule has 1 atom stereocenters. The summed E-state index contributed by atoms with van der Waals surface area (Å²) in [5.41, 5.74) is -0.595. The lowest BCUT2D eigenvalue weighted by molar-refractivity contribution is 0.0182. The number of alkyl halides is 1. The van der Waals surface area contributed by atoms with Crippen LogP contribution in [-0.4, -0.2) is 10.8 Å². The predicted octanol–water partition coefficient (Wildman–Crippen LogP) is 3.15. The zero-order valence-corrected chi connectivity index (χ0v) is 9.20. The van der Waals surface area contributed by atoms with Crippen LogP contribution in [0, 0.1) is 13.8 Å². The molecule has 0 radical (unpaired) electrons. The minimum Gasteiger partial charge on any atom is -0.384 e. The maximum atomic E-state index is 13.4. The van der Waals surface area contributed by atoms with Gasteiger partial charge in [0.1, 0.15) is 11.8 Å². The summed E-state index contributed by atoms with van der Waals surface area (Å²) in [5, 5.41) is 9.69. The Morgan fingerprint density at radius 3 is 2.31 bits per heavy atom. The normalized spacial score (nSPS) is 14.6. The van der Waals surface area contributed by atoms with Crippen LogP contribution in [0.2, 0.25) is 0 Å². The quantitative estimate of drug-likeness (QED) is 0.781. The van der Waals surface area contributed by atoms with Crippen LogP contribution < -0.4 is 0 Å². The van der Waals surface area contributed by atoms with Crippen LogP contribution >= 0.6 is 11.3 Å². The Kier molecular flexibility index (Phi) is 2.78. The van der Waals surface area contributed by atoms with Gasteiger partial charge in [-0.2, -0.15) is 0 Å². The lowest BCUT2D eigenvalue weighted by Gasteiger charge is -2.21. The van der Waals surface area contributed by atoms with Gasteiger partial charge in [0.25, 0.3) is 0 Å². The lowest BCUT2D eigenvalue weighted by Crippen LogP contribution is -2.23. The van der Waals surface area contributed by atoms with E-state index in [0.717, 1.165) is 15.3 Å². The molecular weight excluding hydrogens is 187 g/mol. The average molecular weight is 202 g/mol. The van der Waals surface area contributed by atoms with Crippen molar-refractivity contribution in [2.45, 2.75) is 39.5 Å². The molecule has 1 aromatic rings. The van der Waals surface area contributed by atoms with Gasteiger partial charge in [0.05, 0.1) is 0 Å². The second-order valence-electron chi connectivity index (χ2n) is 3.87. The molecule has 1 rings (SSSR count). The smallest absolute Gasteiger partial charge is 0.136 e. The van der Waals surface area contributed by atoms with Crippen molar-refractivity contribution >= 4 is 11.3 Å². The van der Waals surface area contributed by atoms with E-state index in [1.807, 2.05) is 19.9 Å². The SMILES string of the molecule is Cc1cc(C)c(C(O)C(C)(C)F)s1. The number of hydrogen-bond donors (Lipinski definition) is 1. The topological polar surface area (TPSA) is 20.2 Å². The molecule has 0 aliphatic rings. The highest BCUT2D eigenvalue weighted by Gasteiger charge is 2.30. The van der Waals surface area contributed by atoms with E-state index in [2.05, 4.69) is 0 Å². The molecule has 0 aromatic carbocycles.